The molecule has 1 aromatic rings. The SMILES string of the molecule is CC(C)CN(CC(=O)O)S(=O)(=O)c1cc(Cl)c(Br)s1. The fourth-order valence-corrected chi connectivity index (χ4v) is 5.49. The molecule has 0 saturated heterocycles. The second-order valence-electron chi connectivity index (χ2n) is 4.27. The van der Waals surface area contributed by atoms with E-state index in [0.29, 0.717) is 8.81 Å². The van der Waals surface area contributed by atoms with Crippen LogP contribution in [0.1, 0.15) is 13.8 Å². The summed E-state index contributed by atoms with van der Waals surface area (Å²) < 4.78 is 26.2. The fraction of sp³-hybridized carbons (Fsp3) is 0.500. The highest BCUT2D eigenvalue weighted by Gasteiger charge is 2.29. The first-order valence-electron chi connectivity index (χ1n) is 5.31. The summed E-state index contributed by atoms with van der Waals surface area (Å²) in [4.78, 5) is 10.8. The van der Waals surface area contributed by atoms with Gasteiger partial charge in [0.15, 0.2) is 0 Å². The van der Waals surface area contributed by atoms with Gasteiger partial charge in [-0.3, -0.25) is 4.79 Å². The molecule has 0 aliphatic heterocycles. The number of nitrogens with zero attached hydrogens (tertiary/aromatic N) is 1. The number of carbonyl (C=O) groups is 1. The van der Waals surface area contributed by atoms with Crippen LogP contribution in [0.3, 0.4) is 0 Å². The monoisotopic (exact) mass is 389 g/mol. The summed E-state index contributed by atoms with van der Waals surface area (Å²) >= 11 is 9.93. The maximum absolute atomic E-state index is 12.4. The van der Waals surface area contributed by atoms with E-state index >= 15 is 0 Å². The molecule has 0 radical (unpaired) electrons. The predicted octanol–water partition coefficient (Wildman–Crippen LogP) is 2.90. The molecule has 1 N–H and O–H groups in total. The van der Waals surface area contributed by atoms with Gasteiger partial charge in [-0.25, -0.2) is 8.42 Å². The van der Waals surface area contributed by atoms with Gasteiger partial charge in [-0.1, -0.05) is 25.4 Å². The predicted molar refractivity (Wildman–Crippen MR) is 78.3 cm³/mol. The van der Waals surface area contributed by atoms with E-state index in [0.717, 1.165) is 15.6 Å². The Morgan fingerprint density at radius 1 is 1.58 bits per heavy atom. The first-order valence-corrected chi connectivity index (χ1v) is 8.74. The molecule has 1 rings (SSSR count). The van der Waals surface area contributed by atoms with Crippen molar-refractivity contribution in [3.8, 4) is 0 Å². The summed E-state index contributed by atoms with van der Waals surface area (Å²) in [6, 6.07) is 1.32. The minimum Gasteiger partial charge on any atom is -0.480 e. The molecule has 9 heteroatoms. The van der Waals surface area contributed by atoms with Crippen LogP contribution in [0.5, 0.6) is 0 Å². The molecule has 19 heavy (non-hydrogen) atoms. The minimum absolute atomic E-state index is 0.0213. The number of thiophene rings is 1. The molecule has 5 nitrogen and oxygen atoms in total. The van der Waals surface area contributed by atoms with Crippen LogP contribution in [0.2, 0.25) is 5.02 Å². The van der Waals surface area contributed by atoms with E-state index in [2.05, 4.69) is 15.9 Å². The van der Waals surface area contributed by atoms with Crippen molar-refractivity contribution in [3.05, 3.63) is 14.9 Å². The first-order chi connectivity index (χ1) is 8.64. The van der Waals surface area contributed by atoms with E-state index in [1.807, 2.05) is 13.8 Å². The molecule has 0 aliphatic rings. The lowest BCUT2D eigenvalue weighted by atomic mass is 10.2. The highest BCUT2D eigenvalue weighted by atomic mass is 79.9. The summed E-state index contributed by atoms with van der Waals surface area (Å²) in [7, 11) is -3.84. The van der Waals surface area contributed by atoms with Gasteiger partial charge in [0.1, 0.15) is 10.8 Å². The molecule has 0 amide bonds. The number of sulfonamides is 1. The number of rotatable bonds is 6. The van der Waals surface area contributed by atoms with Gasteiger partial charge in [-0.05, 0) is 27.9 Å². The van der Waals surface area contributed by atoms with Crippen LogP contribution >= 0.6 is 38.9 Å². The van der Waals surface area contributed by atoms with Crippen molar-refractivity contribution < 1.29 is 18.3 Å². The normalized spacial score (nSPS) is 12.3. The van der Waals surface area contributed by atoms with Crippen LogP contribution in [0.4, 0.5) is 0 Å². The maximum Gasteiger partial charge on any atom is 0.318 e. The molecule has 0 bridgehead atoms. The van der Waals surface area contributed by atoms with Crippen molar-refractivity contribution in [3.63, 3.8) is 0 Å². The number of carboxylic acid groups (broad SMARTS) is 1. The van der Waals surface area contributed by atoms with Crippen molar-refractivity contribution in [1.29, 1.82) is 0 Å². The van der Waals surface area contributed by atoms with E-state index < -0.39 is 22.5 Å². The molecule has 0 unspecified atom stereocenters. The molecule has 1 aromatic heterocycles. The van der Waals surface area contributed by atoms with Crippen LogP contribution in [0, 0.1) is 5.92 Å². The summed E-state index contributed by atoms with van der Waals surface area (Å²) in [5, 5.41) is 9.12. The van der Waals surface area contributed by atoms with Crippen molar-refractivity contribution >= 4 is 54.9 Å². The van der Waals surface area contributed by atoms with Crippen molar-refractivity contribution in [1.82, 2.24) is 4.31 Å². The Balaban J connectivity index is 3.14. The molecule has 0 aliphatic carbocycles. The zero-order valence-electron chi connectivity index (χ0n) is 10.3. The van der Waals surface area contributed by atoms with E-state index in [1.54, 1.807) is 0 Å². The molecular formula is C10H13BrClNO4S2. The van der Waals surface area contributed by atoms with Gasteiger partial charge < -0.3 is 5.11 Å². The molecule has 0 saturated carbocycles. The Kier molecular flexibility index (Phi) is 5.81. The van der Waals surface area contributed by atoms with Gasteiger partial charge in [0, 0.05) is 6.54 Å². The third-order valence-corrected chi connectivity index (χ3v) is 6.83. The number of carboxylic acids is 1. The van der Waals surface area contributed by atoms with Gasteiger partial charge in [0.2, 0.25) is 0 Å². The smallest absolute Gasteiger partial charge is 0.318 e. The molecule has 0 atom stereocenters. The number of hydrogen-bond acceptors (Lipinski definition) is 4. The molecular weight excluding hydrogens is 378 g/mol. The van der Waals surface area contributed by atoms with E-state index in [4.69, 9.17) is 16.7 Å². The Labute approximate surface area is 129 Å². The Hall–Kier alpha value is -0.150. The average molecular weight is 391 g/mol. The number of aliphatic carboxylic acids is 1. The Bertz CT molecular complexity index is 551. The molecule has 0 aromatic carbocycles. The average Bonchev–Trinajstić information content (AvgIpc) is 2.57. The maximum atomic E-state index is 12.4. The second kappa shape index (κ2) is 6.53. The molecule has 1 heterocycles. The van der Waals surface area contributed by atoms with Crippen LogP contribution in [0.15, 0.2) is 14.1 Å². The van der Waals surface area contributed by atoms with Gasteiger partial charge >= 0.3 is 5.97 Å². The lowest BCUT2D eigenvalue weighted by Crippen LogP contribution is -2.37. The number of hydrogen-bond donors (Lipinski definition) is 1. The van der Waals surface area contributed by atoms with Gasteiger partial charge in [-0.15, -0.1) is 11.3 Å². The zero-order chi connectivity index (χ0) is 14.8. The third kappa shape index (κ3) is 4.42. The van der Waals surface area contributed by atoms with Gasteiger partial charge in [0.25, 0.3) is 10.0 Å². The van der Waals surface area contributed by atoms with Gasteiger partial charge in [0.05, 0.1) is 8.81 Å². The zero-order valence-corrected chi connectivity index (χ0v) is 14.2. The van der Waals surface area contributed by atoms with Crippen molar-refractivity contribution in [2.24, 2.45) is 5.92 Å². The van der Waals surface area contributed by atoms with Crippen LogP contribution in [-0.2, 0) is 14.8 Å². The van der Waals surface area contributed by atoms with Gasteiger partial charge in [-0.2, -0.15) is 4.31 Å². The topological polar surface area (TPSA) is 74.7 Å². The minimum atomic E-state index is -3.84. The largest absolute Gasteiger partial charge is 0.480 e. The van der Waals surface area contributed by atoms with E-state index in [9.17, 15) is 13.2 Å². The summed E-state index contributed by atoms with van der Waals surface area (Å²) in [5.41, 5.74) is 0. The fourth-order valence-electron chi connectivity index (χ4n) is 1.39. The number of halogens is 2. The summed E-state index contributed by atoms with van der Waals surface area (Å²) in [6.45, 7) is 3.22. The van der Waals surface area contributed by atoms with Crippen LogP contribution < -0.4 is 0 Å². The molecule has 0 spiro atoms. The summed E-state index contributed by atoms with van der Waals surface area (Å²) in [6.07, 6.45) is 0. The van der Waals surface area contributed by atoms with Crippen molar-refractivity contribution in [2.45, 2.75) is 18.1 Å². The Morgan fingerprint density at radius 2 is 2.16 bits per heavy atom. The Morgan fingerprint density at radius 3 is 2.53 bits per heavy atom. The highest BCUT2D eigenvalue weighted by molar-refractivity contribution is 9.11. The lowest BCUT2D eigenvalue weighted by molar-refractivity contribution is -0.137. The third-order valence-electron chi connectivity index (χ3n) is 2.10. The lowest BCUT2D eigenvalue weighted by Gasteiger charge is -2.21. The van der Waals surface area contributed by atoms with E-state index in [1.165, 1.54) is 6.07 Å². The summed E-state index contributed by atoms with van der Waals surface area (Å²) in [5.74, 6) is -1.17. The van der Waals surface area contributed by atoms with E-state index in [-0.39, 0.29) is 16.7 Å². The first kappa shape index (κ1) is 16.9. The van der Waals surface area contributed by atoms with Crippen LogP contribution in [-0.4, -0.2) is 36.9 Å². The second-order valence-corrected chi connectivity index (χ2v) is 9.21. The highest BCUT2D eigenvalue weighted by Crippen LogP contribution is 2.36. The molecule has 0 fully saturated rings. The standard InChI is InChI=1S/C10H13BrClNO4S2/c1-6(2)4-13(5-8(14)15)19(16,17)9-3-7(12)10(11)18-9/h3,6H,4-5H2,1-2H3,(H,14,15). The van der Waals surface area contributed by atoms with Crippen molar-refractivity contribution in [2.75, 3.05) is 13.1 Å². The quantitative estimate of drug-likeness (QED) is 0.810. The molecule has 108 valence electrons. The van der Waals surface area contributed by atoms with Crippen LogP contribution in [0.25, 0.3) is 0 Å².